The fourth-order valence-corrected chi connectivity index (χ4v) is 5.25. The van der Waals surface area contributed by atoms with Crippen LogP contribution in [-0.4, -0.2) is 49.5 Å². The molecule has 0 heterocycles. The number of hydrogen-bond donors (Lipinski definition) is 1. The average Bonchev–Trinajstić information content (AvgIpc) is 2.85. The molecule has 3 aromatic carbocycles. The van der Waals surface area contributed by atoms with E-state index in [0.29, 0.717) is 10.7 Å². The molecule has 208 valence electrons. The lowest BCUT2D eigenvalue weighted by molar-refractivity contribution is -0.140. The van der Waals surface area contributed by atoms with Gasteiger partial charge in [0.1, 0.15) is 12.6 Å². The molecule has 3 aromatic rings. The molecule has 0 spiro atoms. The van der Waals surface area contributed by atoms with Crippen molar-refractivity contribution >= 4 is 55.1 Å². The van der Waals surface area contributed by atoms with Crippen LogP contribution < -0.4 is 9.62 Å². The highest BCUT2D eigenvalue weighted by Crippen LogP contribution is 2.23. The first-order valence-electron chi connectivity index (χ1n) is 12.4. The molecule has 1 atom stereocenters. The molecule has 0 saturated heterocycles. The third-order valence-corrected chi connectivity index (χ3v) is 7.75. The van der Waals surface area contributed by atoms with Gasteiger partial charge in [-0.25, -0.2) is 8.42 Å². The highest BCUT2D eigenvalue weighted by Gasteiger charge is 2.34. The SMILES string of the molecule is CC(C)(C)NC(=O)[C@@H](Cc1ccccc1)N(Cc1ccc(Br)cc1)C(=O)CN(c1ccc(Cl)cc1)S(C)(=O)=O. The predicted octanol–water partition coefficient (Wildman–Crippen LogP) is 5.42. The molecule has 0 aliphatic heterocycles. The fraction of sp³-hybridized carbons (Fsp3) is 0.310. The minimum absolute atomic E-state index is 0.111. The van der Waals surface area contributed by atoms with Crippen molar-refractivity contribution in [3.05, 3.63) is 99.5 Å². The van der Waals surface area contributed by atoms with Crippen LogP contribution in [-0.2, 0) is 32.6 Å². The van der Waals surface area contributed by atoms with E-state index in [-0.39, 0.29) is 18.9 Å². The number of benzene rings is 3. The van der Waals surface area contributed by atoms with Gasteiger partial charge in [0.25, 0.3) is 0 Å². The molecule has 39 heavy (non-hydrogen) atoms. The summed E-state index contributed by atoms with van der Waals surface area (Å²) in [6.45, 7) is 5.25. The van der Waals surface area contributed by atoms with E-state index in [4.69, 9.17) is 11.6 Å². The number of halogens is 2. The third kappa shape index (κ3) is 9.37. The van der Waals surface area contributed by atoms with Crippen molar-refractivity contribution in [1.29, 1.82) is 0 Å². The summed E-state index contributed by atoms with van der Waals surface area (Å²) >= 11 is 9.43. The molecule has 0 radical (unpaired) electrons. The van der Waals surface area contributed by atoms with Crippen molar-refractivity contribution in [2.75, 3.05) is 17.1 Å². The Kier molecular flexibility index (Phi) is 10.2. The Bertz CT molecular complexity index is 1380. The summed E-state index contributed by atoms with van der Waals surface area (Å²) in [7, 11) is -3.84. The van der Waals surface area contributed by atoms with Crippen molar-refractivity contribution < 1.29 is 18.0 Å². The average molecular weight is 635 g/mol. The number of nitrogens with zero attached hydrogens (tertiary/aromatic N) is 2. The molecule has 2 amide bonds. The summed E-state index contributed by atoms with van der Waals surface area (Å²) < 4.78 is 27.5. The minimum Gasteiger partial charge on any atom is -0.350 e. The first-order chi connectivity index (χ1) is 18.2. The van der Waals surface area contributed by atoms with Gasteiger partial charge >= 0.3 is 0 Å². The number of hydrogen-bond acceptors (Lipinski definition) is 4. The van der Waals surface area contributed by atoms with Crippen LogP contribution in [0.4, 0.5) is 5.69 Å². The Hall–Kier alpha value is -2.88. The zero-order valence-electron chi connectivity index (χ0n) is 22.4. The van der Waals surface area contributed by atoms with E-state index in [1.807, 2.05) is 75.4 Å². The van der Waals surface area contributed by atoms with Gasteiger partial charge < -0.3 is 10.2 Å². The van der Waals surface area contributed by atoms with E-state index in [0.717, 1.165) is 26.2 Å². The van der Waals surface area contributed by atoms with Crippen LogP contribution >= 0.6 is 27.5 Å². The normalized spacial score (nSPS) is 12.5. The molecule has 1 N–H and O–H groups in total. The molecular weight excluding hydrogens is 602 g/mol. The number of amides is 2. The second-order valence-corrected chi connectivity index (χ2v) is 13.6. The van der Waals surface area contributed by atoms with Crippen molar-refractivity contribution in [2.45, 2.75) is 45.3 Å². The fourth-order valence-electron chi connectivity index (χ4n) is 4.01. The molecular formula is C29H33BrClN3O4S. The number of carbonyl (C=O) groups excluding carboxylic acids is 2. The van der Waals surface area contributed by atoms with Crippen LogP contribution in [0.2, 0.25) is 5.02 Å². The maximum atomic E-state index is 14.0. The van der Waals surface area contributed by atoms with Crippen molar-refractivity contribution in [2.24, 2.45) is 0 Å². The summed E-state index contributed by atoms with van der Waals surface area (Å²) in [6, 6.07) is 22.2. The quantitative estimate of drug-likeness (QED) is 0.323. The molecule has 7 nitrogen and oxygen atoms in total. The van der Waals surface area contributed by atoms with Crippen LogP contribution in [0.15, 0.2) is 83.3 Å². The van der Waals surface area contributed by atoms with Gasteiger partial charge in [0.15, 0.2) is 0 Å². The Labute approximate surface area is 244 Å². The van der Waals surface area contributed by atoms with Crippen molar-refractivity contribution in [3.8, 4) is 0 Å². The zero-order valence-corrected chi connectivity index (χ0v) is 25.6. The lowest BCUT2D eigenvalue weighted by Crippen LogP contribution is -2.56. The van der Waals surface area contributed by atoms with Crippen LogP contribution in [0.3, 0.4) is 0 Å². The number of nitrogens with one attached hydrogen (secondary N) is 1. The molecule has 0 aliphatic carbocycles. The van der Waals surface area contributed by atoms with Gasteiger partial charge in [0, 0.05) is 28.0 Å². The first kappa shape index (κ1) is 30.7. The Balaban J connectivity index is 2.06. The minimum atomic E-state index is -3.84. The maximum Gasteiger partial charge on any atom is 0.244 e. The molecule has 0 unspecified atom stereocenters. The molecule has 0 fully saturated rings. The summed E-state index contributed by atoms with van der Waals surface area (Å²) in [5, 5.41) is 3.45. The molecule has 0 bridgehead atoms. The van der Waals surface area contributed by atoms with E-state index in [1.54, 1.807) is 24.3 Å². The summed E-state index contributed by atoms with van der Waals surface area (Å²) in [4.78, 5) is 29.2. The largest absolute Gasteiger partial charge is 0.350 e. The number of sulfonamides is 1. The number of anilines is 1. The van der Waals surface area contributed by atoms with Crippen LogP contribution in [0.5, 0.6) is 0 Å². The highest BCUT2D eigenvalue weighted by atomic mass is 79.9. The number of rotatable bonds is 10. The van der Waals surface area contributed by atoms with E-state index in [1.165, 1.54) is 4.90 Å². The third-order valence-electron chi connectivity index (χ3n) is 5.83. The second kappa shape index (κ2) is 13.0. The molecule has 3 rings (SSSR count). The summed E-state index contributed by atoms with van der Waals surface area (Å²) in [6.07, 6.45) is 1.30. The molecule has 0 aromatic heterocycles. The van der Waals surface area contributed by atoms with Gasteiger partial charge in [0.05, 0.1) is 11.9 Å². The second-order valence-electron chi connectivity index (χ2n) is 10.3. The number of carbonyl (C=O) groups is 2. The first-order valence-corrected chi connectivity index (χ1v) is 15.4. The zero-order chi connectivity index (χ0) is 28.8. The Morgan fingerprint density at radius 3 is 2.05 bits per heavy atom. The molecule has 0 saturated carbocycles. The van der Waals surface area contributed by atoms with Gasteiger partial charge in [-0.05, 0) is 68.3 Å². The van der Waals surface area contributed by atoms with E-state index in [2.05, 4.69) is 21.2 Å². The van der Waals surface area contributed by atoms with Crippen LogP contribution in [0.1, 0.15) is 31.9 Å². The van der Waals surface area contributed by atoms with E-state index >= 15 is 0 Å². The maximum absolute atomic E-state index is 14.0. The monoisotopic (exact) mass is 633 g/mol. The van der Waals surface area contributed by atoms with Gasteiger partial charge in [-0.2, -0.15) is 0 Å². The van der Waals surface area contributed by atoms with Gasteiger partial charge in [-0.15, -0.1) is 0 Å². The van der Waals surface area contributed by atoms with E-state index in [9.17, 15) is 18.0 Å². The van der Waals surface area contributed by atoms with Gasteiger partial charge in [0.2, 0.25) is 21.8 Å². The predicted molar refractivity (Wildman–Crippen MR) is 160 cm³/mol. The summed E-state index contributed by atoms with van der Waals surface area (Å²) in [5.74, 6) is -0.836. The van der Waals surface area contributed by atoms with Gasteiger partial charge in [-0.3, -0.25) is 13.9 Å². The molecule has 10 heteroatoms. The van der Waals surface area contributed by atoms with Gasteiger partial charge in [-0.1, -0.05) is 70.0 Å². The smallest absolute Gasteiger partial charge is 0.244 e. The van der Waals surface area contributed by atoms with Crippen molar-refractivity contribution in [1.82, 2.24) is 10.2 Å². The Morgan fingerprint density at radius 1 is 0.923 bits per heavy atom. The molecule has 0 aliphatic rings. The topological polar surface area (TPSA) is 86.8 Å². The Morgan fingerprint density at radius 2 is 1.51 bits per heavy atom. The lowest BCUT2D eigenvalue weighted by atomic mass is 10.0. The van der Waals surface area contributed by atoms with Crippen LogP contribution in [0.25, 0.3) is 0 Å². The lowest BCUT2D eigenvalue weighted by Gasteiger charge is -2.35. The van der Waals surface area contributed by atoms with Crippen LogP contribution in [0, 0.1) is 0 Å². The van der Waals surface area contributed by atoms with E-state index < -0.39 is 34.1 Å². The summed E-state index contributed by atoms with van der Waals surface area (Å²) in [5.41, 5.74) is 1.43. The highest BCUT2D eigenvalue weighted by molar-refractivity contribution is 9.10. The standard InChI is InChI=1S/C29H33BrClN3O4S/c1-29(2,3)32-28(36)26(18-21-8-6-5-7-9-21)33(19-22-10-12-23(30)13-11-22)27(35)20-34(39(4,37)38)25-16-14-24(31)15-17-25/h5-17,26H,18-20H2,1-4H3,(H,32,36)/t26-/m1/s1. The van der Waals surface area contributed by atoms with Crippen molar-refractivity contribution in [3.63, 3.8) is 0 Å².